The first-order chi connectivity index (χ1) is 12.2. The van der Waals surface area contributed by atoms with Gasteiger partial charge in [-0.15, -0.1) is 0 Å². The zero-order valence-electron chi connectivity index (χ0n) is 16.3. The summed E-state index contributed by atoms with van der Waals surface area (Å²) in [6, 6.07) is 0. The Balaban J connectivity index is 1.48. The second kappa shape index (κ2) is 11.1. The molecule has 25 heavy (non-hydrogen) atoms. The van der Waals surface area contributed by atoms with Gasteiger partial charge in [0.1, 0.15) is 5.82 Å². The number of imidazole rings is 1. The van der Waals surface area contributed by atoms with E-state index in [1.807, 2.05) is 19.4 Å². The van der Waals surface area contributed by atoms with E-state index in [1.54, 1.807) is 0 Å². The molecular formula is C19H36N6. The van der Waals surface area contributed by atoms with Crippen LogP contribution in [0.1, 0.15) is 44.9 Å². The maximum atomic E-state index is 4.31. The van der Waals surface area contributed by atoms with Crippen molar-refractivity contribution in [1.82, 2.24) is 25.1 Å². The van der Waals surface area contributed by atoms with Crippen molar-refractivity contribution < 1.29 is 0 Å². The lowest BCUT2D eigenvalue weighted by Gasteiger charge is -2.30. The van der Waals surface area contributed by atoms with Crippen molar-refractivity contribution in [2.45, 2.75) is 52.5 Å². The minimum atomic E-state index is 0.912. The molecule has 1 aliphatic rings. The Bertz CT molecular complexity index is 502. The van der Waals surface area contributed by atoms with Crippen LogP contribution in [0, 0.1) is 12.8 Å². The summed E-state index contributed by atoms with van der Waals surface area (Å²) in [5.41, 5.74) is 0. The van der Waals surface area contributed by atoms with Crippen LogP contribution in [0.25, 0.3) is 0 Å². The molecule has 6 nitrogen and oxygen atoms in total. The van der Waals surface area contributed by atoms with E-state index in [9.17, 15) is 0 Å². The van der Waals surface area contributed by atoms with E-state index in [4.69, 9.17) is 0 Å². The summed E-state index contributed by atoms with van der Waals surface area (Å²) in [5, 5.41) is 6.84. The van der Waals surface area contributed by atoms with Crippen molar-refractivity contribution in [3.05, 3.63) is 18.2 Å². The molecular weight excluding hydrogens is 312 g/mol. The quantitative estimate of drug-likeness (QED) is 0.408. The molecule has 0 bridgehead atoms. The summed E-state index contributed by atoms with van der Waals surface area (Å²) in [4.78, 5) is 11.2. The summed E-state index contributed by atoms with van der Waals surface area (Å²) < 4.78 is 2.20. The van der Waals surface area contributed by atoms with Crippen LogP contribution < -0.4 is 10.6 Å². The Labute approximate surface area is 153 Å². The Morgan fingerprint density at radius 2 is 1.88 bits per heavy atom. The average molecular weight is 349 g/mol. The second-order valence-corrected chi connectivity index (χ2v) is 7.18. The molecule has 142 valence electrons. The first-order valence-corrected chi connectivity index (χ1v) is 9.83. The maximum Gasteiger partial charge on any atom is 0.190 e. The van der Waals surface area contributed by atoms with Crippen LogP contribution in [-0.2, 0) is 6.54 Å². The molecule has 1 aromatic heterocycles. The first-order valence-electron chi connectivity index (χ1n) is 9.83. The lowest BCUT2D eigenvalue weighted by atomic mass is 9.99. The van der Waals surface area contributed by atoms with Gasteiger partial charge in [-0.25, -0.2) is 4.98 Å². The number of guanidine groups is 1. The Kier molecular flexibility index (Phi) is 8.80. The van der Waals surface area contributed by atoms with Crippen LogP contribution in [0.5, 0.6) is 0 Å². The van der Waals surface area contributed by atoms with Crippen molar-refractivity contribution in [1.29, 1.82) is 0 Å². The molecule has 1 fully saturated rings. The number of nitrogens with one attached hydrogen (secondary N) is 2. The van der Waals surface area contributed by atoms with Crippen molar-refractivity contribution in [3.8, 4) is 0 Å². The number of hydrogen-bond acceptors (Lipinski definition) is 3. The number of unbranched alkanes of at least 4 members (excludes halogenated alkanes) is 1. The molecule has 2 heterocycles. The van der Waals surface area contributed by atoms with Gasteiger partial charge in [0.2, 0.25) is 0 Å². The summed E-state index contributed by atoms with van der Waals surface area (Å²) in [5.74, 6) is 2.93. The van der Waals surface area contributed by atoms with E-state index in [1.165, 1.54) is 38.9 Å². The zero-order chi connectivity index (χ0) is 17.9. The summed E-state index contributed by atoms with van der Waals surface area (Å²) in [6.45, 7) is 11.1. The molecule has 2 rings (SSSR count). The summed E-state index contributed by atoms with van der Waals surface area (Å²) in [7, 11) is 1.84. The fourth-order valence-corrected chi connectivity index (χ4v) is 3.27. The van der Waals surface area contributed by atoms with Gasteiger partial charge < -0.3 is 20.1 Å². The topological polar surface area (TPSA) is 57.5 Å². The molecule has 6 heteroatoms. The zero-order valence-corrected chi connectivity index (χ0v) is 16.3. The molecule has 0 unspecified atom stereocenters. The Hall–Kier alpha value is -1.56. The number of rotatable bonds is 9. The number of aromatic nitrogens is 2. The lowest BCUT2D eigenvalue weighted by molar-refractivity contribution is 0.191. The van der Waals surface area contributed by atoms with Gasteiger partial charge >= 0.3 is 0 Å². The van der Waals surface area contributed by atoms with E-state index in [2.05, 4.69) is 43.9 Å². The third kappa shape index (κ3) is 7.46. The monoisotopic (exact) mass is 348 g/mol. The van der Waals surface area contributed by atoms with Gasteiger partial charge in [-0.1, -0.05) is 6.92 Å². The van der Waals surface area contributed by atoms with Gasteiger partial charge in [-0.2, -0.15) is 0 Å². The molecule has 0 amide bonds. The number of aliphatic imine (C=N–C) groups is 1. The molecule has 0 saturated carbocycles. The summed E-state index contributed by atoms with van der Waals surface area (Å²) >= 11 is 0. The Morgan fingerprint density at radius 1 is 1.16 bits per heavy atom. The smallest absolute Gasteiger partial charge is 0.190 e. The highest BCUT2D eigenvalue weighted by Gasteiger charge is 2.14. The fraction of sp³-hybridized carbons (Fsp3) is 0.789. The minimum absolute atomic E-state index is 0.912. The Morgan fingerprint density at radius 3 is 2.52 bits per heavy atom. The van der Waals surface area contributed by atoms with Crippen LogP contribution in [0.4, 0.5) is 0 Å². The molecule has 1 aliphatic heterocycles. The average Bonchev–Trinajstić information content (AvgIpc) is 3.03. The highest BCUT2D eigenvalue weighted by molar-refractivity contribution is 5.79. The number of hydrogen-bond donors (Lipinski definition) is 2. The summed E-state index contributed by atoms with van der Waals surface area (Å²) in [6.07, 6.45) is 10.1. The van der Waals surface area contributed by atoms with Crippen molar-refractivity contribution >= 4 is 5.96 Å². The lowest BCUT2D eigenvalue weighted by Crippen LogP contribution is -2.40. The van der Waals surface area contributed by atoms with Gasteiger partial charge in [-0.05, 0) is 64.6 Å². The van der Waals surface area contributed by atoms with Crippen LogP contribution in [0.2, 0.25) is 0 Å². The maximum absolute atomic E-state index is 4.31. The highest BCUT2D eigenvalue weighted by atomic mass is 15.2. The van der Waals surface area contributed by atoms with E-state index in [-0.39, 0.29) is 0 Å². The highest BCUT2D eigenvalue weighted by Crippen LogP contribution is 2.15. The molecule has 0 radical (unpaired) electrons. The molecule has 1 aromatic rings. The van der Waals surface area contributed by atoms with Crippen molar-refractivity contribution in [2.24, 2.45) is 10.9 Å². The van der Waals surface area contributed by atoms with Gasteiger partial charge in [-0.3, -0.25) is 4.99 Å². The van der Waals surface area contributed by atoms with Crippen molar-refractivity contribution in [2.75, 3.05) is 39.8 Å². The van der Waals surface area contributed by atoms with E-state index < -0.39 is 0 Å². The van der Waals surface area contributed by atoms with Crippen LogP contribution in [0.3, 0.4) is 0 Å². The number of likely N-dealkylation sites (tertiary alicyclic amines) is 1. The molecule has 1 saturated heterocycles. The van der Waals surface area contributed by atoms with Crippen molar-refractivity contribution in [3.63, 3.8) is 0 Å². The van der Waals surface area contributed by atoms with Crippen LogP contribution in [0.15, 0.2) is 17.4 Å². The van der Waals surface area contributed by atoms with Crippen LogP contribution >= 0.6 is 0 Å². The second-order valence-electron chi connectivity index (χ2n) is 7.18. The van der Waals surface area contributed by atoms with Gasteiger partial charge in [0, 0.05) is 39.1 Å². The van der Waals surface area contributed by atoms with Gasteiger partial charge in [0.15, 0.2) is 5.96 Å². The van der Waals surface area contributed by atoms with E-state index >= 15 is 0 Å². The third-order valence-corrected chi connectivity index (χ3v) is 5.09. The molecule has 0 atom stereocenters. The molecule has 2 N–H and O–H groups in total. The van der Waals surface area contributed by atoms with Gasteiger partial charge in [0.25, 0.3) is 0 Å². The fourth-order valence-electron chi connectivity index (χ4n) is 3.27. The van der Waals surface area contributed by atoms with E-state index in [0.717, 1.165) is 50.2 Å². The van der Waals surface area contributed by atoms with Crippen LogP contribution in [-0.4, -0.2) is 60.2 Å². The predicted molar refractivity (Wildman–Crippen MR) is 105 cm³/mol. The van der Waals surface area contributed by atoms with Gasteiger partial charge in [0.05, 0.1) is 0 Å². The number of nitrogens with zero attached hydrogens (tertiary/aromatic N) is 4. The minimum Gasteiger partial charge on any atom is -0.356 e. The largest absolute Gasteiger partial charge is 0.356 e. The number of piperidine rings is 1. The third-order valence-electron chi connectivity index (χ3n) is 5.09. The first kappa shape index (κ1) is 19.8. The van der Waals surface area contributed by atoms with E-state index in [0.29, 0.717) is 0 Å². The number of aryl methyl sites for hydroxylation is 2. The molecule has 0 aromatic carbocycles. The standard InChI is InChI=1S/C19H36N6/c1-17-7-14-24(15-8-17)12-6-10-23-19(20-3)22-9-4-5-13-25-16-11-21-18(25)2/h11,16-17H,4-10,12-15H2,1-3H3,(H2,20,22,23). The molecule has 0 spiro atoms. The normalized spacial score (nSPS) is 17.0. The predicted octanol–water partition coefficient (Wildman–Crippen LogP) is 2.26. The SMILES string of the molecule is CN=C(NCCCCn1ccnc1C)NCCCN1CCC(C)CC1. The molecule has 0 aliphatic carbocycles.